The van der Waals surface area contributed by atoms with Crippen LogP contribution < -0.4 is 5.32 Å². The highest BCUT2D eigenvalue weighted by Gasteiger charge is 2.41. The number of alkyl halides is 3. The Morgan fingerprint density at radius 3 is 2.38 bits per heavy atom. The van der Waals surface area contributed by atoms with Gasteiger partial charge in [0, 0.05) is 5.38 Å². The van der Waals surface area contributed by atoms with Crippen molar-refractivity contribution in [1.82, 2.24) is 4.98 Å². The molecule has 0 aromatic carbocycles. The van der Waals surface area contributed by atoms with Gasteiger partial charge in [-0.1, -0.05) is 6.92 Å². The number of anilines is 1. The van der Waals surface area contributed by atoms with E-state index in [0.717, 1.165) is 5.38 Å². The van der Waals surface area contributed by atoms with Gasteiger partial charge in [0.25, 0.3) is 0 Å². The topological polar surface area (TPSA) is 76.1 Å². The van der Waals surface area contributed by atoms with Crippen LogP contribution in [0.25, 0.3) is 0 Å². The van der Waals surface area contributed by atoms with E-state index in [0.29, 0.717) is 17.8 Å². The van der Waals surface area contributed by atoms with Gasteiger partial charge >= 0.3 is 6.18 Å². The van der Waals surface area contributed by atoms with Gasteiger partial charge in [-0.3, -0.25) is 4.79 Å². The summed E-state index contributed by atoms with van der Waals surface area (Å²) >= 11 is 0.587. The maximum atomic E-state index is 12.4. The number of nitrogens with zero attached hydrogens (tertiary/aromatic N) is 1. The number of carbonyl (C=O) groups excluding carboxylic acids is 1. The highest BCUT2D eigenvalue weighted by molar-refractivity contribution is 7.93. The van der Waals surface area contributed by atoms with Gasteiger partial charge in [0.2, 0.25) is 5.91 Å². The molecule has 0 unspecified atom stereocenters. The zero-order valence-electron chi connectivity index (χ0n) is 11.6. The number of thiazole rings is 1. The highest BCUT2D eigenvalue weighted by atomic mass is 32.2. The molecule has 0 aliphatic carbocycles. The third kappa shape index (κ3) is 3.94. The second-order valence-electron chi connectivity index (χ2n) is 4.82. The van der Waals surface area contributed by atoms with Crippen LogP contribution in [0.3, 0.4) is 0 Å². The minimum absolute atomic E-state index is 0.181. The Morgan fingerprint density at radius 2 is 1.95 bits per heavy atom. The minimum atomic E-state index is -4.61. The number of halogens is 3. The molecule has 21 heavy (non-hydrogen) atoms. The lowest BCUT2D eigenvalue weighted by Crippen LogP contribution is -2.45. The summed E-state index contributed by atoms with van der Waals surface area (Å²) in [5.41, 5.74) is -1.13. The summed E-state index contributed by atoms with van der Waals surface area (Å²) in [4.78, 5) is 15.2. The number of hydrogen-bond donors (Lipinski definition) is 1. The molecule has 10 heteroatoms. The smallest absolute Gasteiger partial charge is 0.301 e. The summed E-state index contributed by atoms with van der Waals surface area (Å²) < 4.78 is 59.4. The minimum Gasteiger partial charge on any atom is -0.301 e. The SMILES string of the molecule is CCCS(=O)(=O)C(C)(C)C(=O)Nc1nc(C(F)(F)F)cs1. The van der Waals surface area contributed by atoms with Gasteiger partial charge < -0.3 is 5.32 Å². The van der Waals surface area contributed by atoms with Crippen LogP contribution in [0.4, 0.5) is 18.3 Å². The fourth-order valence-electron chi connectivity index (χ4n) is 1.37. The van der Waals surface area contributed by atoms with Crippen LogP contribution >= 0.6 is 11.3 Å². The summed E-state index contributed by atoms with van der Waals surface area (Å²) in [5, 5.41) is 2.60. The first kappa shape index (κ1) is 17.9. The largest absolute Gasteiger partial charge is 0.434 e. The van der Waals surface area contributed by atoms with E-state index >= 15 is 0 Å². The second kappa shape index (κ2) is 5.91. The molecular formula is C11H15F3N2O3S2. The van der Waals surface area contributed by atoms with Crippen molar-refractivity contribution in [1.29, 1.82) is 0 Å². The van der Waals surface area contributed by atoms with Crippen LogP contribution in [0, 0.1) is 0 Å². The fourth-order valence-corrected chi connectivity index (χ4v) is 3.47. The van der Waals surface area contributed by atoms with E-state index in [1.807, 2.05) is 0 Å². The molecule has 0 spiro atoms. The van der Waals surface area contributed by atoms with Gasteiger partial charge in [-0.15, -0.1) is 11.3 Å². The van der Waals surface area contributed by atoms with Crippen molar-refractivity contribution >= 4 is 32.2 Å². The molecule has 1 amide bonds. The van der Waals surface area contributed by atoms with E-state index in [1.165, 1.54) is 13.8 Å². The standard InChI is InChI=1S/C11H15F3N2O3S2/c1-4-5-21(18,19)10(2,3)8(17)16-9-15-7(6-20-9)11(12,13)14/h6H,4-5H2,1-3H3,(H,15,16,17). The molecule has 0 saturated heterocycles. The third-order valence-electron chi connectivity index (χ3n) is 2.81. The maximum absolute atomic E-state index is 12.4. The number of sulfone groups is 1. The average molecular weight is 344 g/mol. The molecule has 120 valence electrons. The van der Waals surface area contributed by atoms with Gasteiger partial charge in [0.15, 0.2) is 20.7 Å². The number of aromatic nitrogens is 1. The first-order valence-corrected chi connectivity index (χ1v) is 8.51. The molecule has 1 N–H and O–H groups in total. The molecular weight excluding hydrogens is 329 g/mol. The average Bonchev–Trinajstić information content (AvgIpc) is 2.76. The molecule has 5 nitrogen and oxygen atoms in total. The van der Waals surface area contributed by atoms with Gasteiger partial charge in [0.1, 0.15) is 4.75 Å². The van der Waals surface area contributed by atoms with E-state index in [1.54, 1.807) is 6.92 Å². The van der Waals surface area contributed by atoms with Crippen molar-refractivity contribution in [3.05, 3.63) is 11.1 Å². The highest BCUT2D eigenvalue weighted by Crippen LogP contribution is 2.32. The fraction of sp³-hybridized carbons (Fsp3) is 0.636. The van der Waals surface area contributed by atoms with Crippen molar-refractivity contribution in [2.75, 3.05) is 11.1 Å². The zero-order chi connectivity index (χ0) is 16.5. The van der Waals surface area contributed by atoms with Crippen LogP contribution in [-0.4, -0.2) is 29.8 Å². The molecule has 1 aromatic rings. The first-order chi connectivity index (χ1) is 9.41. The first-order valence-electron chi connectivity index (χ1n) is 5.98. The Hall–Kier alpha value is -1.16. The van der Waals surface area contributed by atoms with E-state index in [-0.39, 0.29) is 10.9 Å². The van der Waals surface area contributed by atoms with E-state index in [9.17, 15) is 26.4 Å². The Bertz CT molecular complexity index is 621. The molecule has 1 rings (SSSR count). The predicted molar refractivity (Wildman–Crippen MR) is 73.9 cm³/mol. The maximum Gasteiger partial charge on any atom is 0.434 e. The number of rotatable bonds is 5. The molecule has 0 radical (unpaired) electrons. The molecule has 1 heterocycles. The summed E-state index contributed by atoms with van der Waals surface area (Å²) in [6.07, 6.45) is -4.27. The predicted octanol–water partition coefficient (Wildman–Crippen LogP) is 2.70. The quantitative estimate of drug-likeness (QED) is 0.891. The lowest BCUT2D eigenvalue weighted by Gasteiger charge is -2.22. The summed E-state index contributed by atoms with van der Waals surface area (Å²) in [7, 11) is -3.71. The molecule has 0 fully saturated rings. The molecule has 0 aliphatic heterocycles. The molecule has 1 aromatic heterocycles. The molecule has 0 aliphatic rings. The zero-order valence-corrected chi connectivity index (χ0v) is 13.2. The Kier molecular flexibility index (Phi) is 5.04. The van der Waals surface area contributed by atoms with Crippen LogP contribution in [0.15, 0.2) is 5.38 Å². The van der Waals surface area contributed by atoms with Crippen molar-refractivity contribution < 1.29 is 26.4 Å². The second-order valence-corrected chi connectivity index (χ2v) is 8.34. The van der Waals surface area contributed by atoms with Crippen molar-refractivity contribution in [2.45, 2.75) is 38.1 Å². The normalized spacial score (nSPS) is 13.2. The van der Waals surface area contributed by atoms with E-state index < -0.39 is 32.4 Å². The molecule has 0 atom stereocenters. The number of hydrogen-bond acceptors (Lipinski definition) is 5. The molecule has 0 bridgehead atoms. The van der Waals surface area contributed by atoms with E-state index in [4.69, 9.17) is 0 Å². The number of amides is 1. The van der Waals surface area contributed by atoms with Crippen molar-refractivity contribution in [3.8, 4) is 0 Å². The van der Waals surface area contributed by atoms with Crippen LogP contribution in [-0.2, 0) is 20.8 Å². The van der Waals surface area contributed by atoms with Crippen molar-refractivity contribution in [2.24, 2.45) is 0 Å². The van der Waals surface area contributed by atoms with Gasteiger partial charge in [-0.05, 0) is 20.3 Å². The Balaban J connectivity index is 2.93. The summed E-state index contributed by atoms with van der Waals surface area (Å²) in [5.74, 6) is -1.09. The summed E-state index contributed by atoms with van der Waals surface area (Å²) in [6, 6.07) is 0. The lowest BCUT2D eigenvalue weighted by molar-refractivity contribution is -0.140. The van der Waals surface area contributed by atoms with Gasteiger partial charge in [-0.2, -0.15) is 13.2 Å². The Labute approximate surface area is 124 Å². The van der Waals surface area contributed by atoms with Crippen LogP contribution in [0.5, 0.6) is 0 Å². The summed E-state index contributed by atoms with van der Waals surface area (Å²) in [6.45, 7) is 4.08. The van der Waals surface area contributed by atoms with Crippen LogP contribution in [0.1, 0.15) is 32.9 Å². The van der Waals surface area contributed by atoms with Gasteiger partial charge in [-0.25, -0.2) is 13.4 Å². The van der Waals surface area contributed by atoms with E-state index in [2.05, 4.69) is 10.3 Å². The Morgan fingerprint density at radius 1 is 1.38 bits per heavy atom. The monoisotopic (exact) mass is 344 g/mol. The number of nitrogens with one attached hydrogen (secondary N) is 1. The van der Waals surface area contributed by atoms with Gasteiger partial charge in [0.05, 0.1) is 5.75 Å². The number of carbonyl (C=O) groups is 1. The molecule has 0 saturated carbocycles. The third-order valence-corrected chi connectivity index (χ3v) is 6.26. The van der Waals surface area contributed by atoms with Crippen LogP contribution in [0.2, 0.25) is 0 Å². The lowest BCUT2D eigenvalue weighted by atomic mass is 10.2. The van der Waals surface area contributed by atoms with Crippen molar-refractivity contribution in [3.63, 3.8) is 0 Å².